The van der Waals surface area contributed by atoms with E-state index in [0.29, 0.717) is 67.5 Å². The van der Waals surface area contributed by atoms with Crippen molar-refractivity contribution < 1.29 is 18.3 Å². The topological polar surface area (TPSA) is 91.3 Å². The highest BCUT2D eigenvalue weighted by Gasteiger charge is 2.24. The summed E-state index contributed by atoms with van der Waals surface area (Å²) in [6.45, 7) is 2.87. The molecule has 1 aromatic carbocycles. The second-order valence-electron chi connectivity index (χ2n) is 8.65. The number of benzene rings is 1. The maximum atomic E-state index is 13.9. The summed E-state index contributed by atoms with van der Waals surface area (Å²) in [5.41, 5.74) is 7.07. The van der Waals surface area contributed by atoms with Crippen LogP contribution in [0.4, 0.5) is 14.7 Å². The van der Waals surface area contributed by atoms with Gasteiger partial charge in [0.25, 0.3) is 6.43 Å². The molecule has 1 aliphatic carbocycles. The van der Waals surface area contributed by atoms with Gasteiger partial charge in [-0.05, 0) is 43.7 Å². The van der Waals surface area contributed by atoms with Crippen molar-refractivity contribution in [2.45, 2.75) is 38.2 Å². The lowest BCUT2D eigenvalue weighted by Gasteiger charge is -2.28. The maximum absolute atomic E-state index is 13.9. The van der Waals surface area contributed by atoms with Gasteiger partial charge < -0.3 is 20.1 Å². The van der Waals surface area contributed by atoms with Crippen LogP contribution in [0.5, 0.6) is 5.88 Å². The standard InChI is InChI=1S/C23H28F2N6O2/c24-21(25)22-27-17-3-1-2-4-18(17)31(22)19-13-20(33-14-15-5-7-16(26)8-6-15)29-23(28-19)30-9-11-32-12-10-30/h1-4,13,15-16,21H,5-12,14,26H2/t15-,16-. The van der Waals surface area contributed by atoms with Crippen molar-refractivity contribution in [2.24, 2.45) is 11.7 Å². The molecule has 0 bridgehead atoms. The van der Waals surface area contributed by atoms with E-state index in [-0.39, 0.29) is 11.9 Å². The molecular weight excluding hydrogens is 430 g/mol. The highest BCUT2D eigenvalue weighted by atomic mass is 19.3. The van der Waals surface area contributed by atoms with Gasteiger partial charge in [-0.3, -0.25) is 4.57 Å². The number of rotatable bonds is 6. The molecule has 1 aliphatic heterocycles. The Bertz CT molecular complexity index is 1090. The number of nitrogens with zero attached hydrogens (tertiary/aromatic N) is 5. The van der Waals surface area contributed by atoms with Crippen LogP contribution in [-0.4, -0.2) is 58.5 Å². The average molecular weight is 459 g/mol. The van der Waals surface area contributed by atoms with Gasteiger partial charge in [0.05, 0.1) is 30.9 Å². The van der Waals surface area contributed by atoms with Crippen LogP contribution in [0.1, 0.15) is 37.9 Å². The van der Waals surface area contributed by atoms with E-state index >= 15 is 0 Å². The van der Waals surface area contributed by atoms with E-state index in [1.807, 2.05) is 4.90 Å². The number of ether oxygens (including phenoxy) is 2. The molecule has 10 heteroatoms. The molecule has 2 fully saturated rings. The Morgan fingerprint density at radius 1 is 1.06 bits per heavy atom. The molecule has 0 spiro atoms. The zero-order chi connectivity index (χ0) is 22.8. The fourth-order valence-electron chi connectivity index (χ4n) is 4.48. The lowest BCUT2D eigenvalue weighted by atomic mass is 9.87. The maximum Gasteiger partial charge on any atom is 0.296 e. The Labute approximate surface area is 190 Å². The Hall–Kier alpha value is -2.85. The van der Waals surface area contributed by atoms with E-state index in [1.54, 1.807) is 30.3 Å². The summed E-state index contributed by atoms with van der Waals surface area (Å²) in [6.07, 6.45) is 1.24. The molecule has 0 unspecified atom stereocenters. The van der Waals surface area contributed by atoms with E-state index < -0.39 is 6.43 Å². The van der Waals surface area contributed by atoms with Gasteiger partial charge in [0.15, 0.2) is 5.82 Å². The molecule has 176 valence electrons. The molecule has 1 saturated heterocycles. The van der Waals surface area contributed by atoms with E-state index in [4.69, 9.17) is 15.2 Å². The van der Waals surface area contributed by atoms with Gasteiger partial charge in [-0.2, -0.15) is 9.97 Å². The van der Waals surface area contributed by atoms with E-state index in [2.05, 4.69) is 15.0 Å². The van der Waals surface area contributed by atoms with Crippen LogP contribution in [0.15, 0.2) is 30.3 Å². The van der Waals surface area contributed by atoms with Gasteiger partial charge in [-0.15, -0.1) is 0 Å². The SMILES string of the molecule is N[C@H]1CC[C@H](COc2cc(-n3c(C(F)F)nc4ccccc43)nc(N3CCOCC3)n2)CC1. The molecule has 3 heterocycles. The van der Waals surface area contributed by atoms with E-state index in [9.17, 15) is 8.78 Å². The zero-order valence-electron chi connectivity index (χ0n) is 18.4. The molecule has 0 atom stereocenters. The Kier molecular flexibility index (Phi) is 6.37. The zero-order valence-corrected chi connectivity index (χ0v) is 18.4. The first-order valence-electron chi connectivity index (χ1n) is 11.4. The number of aromatic nitrogens is 4. The van der Waals surface area contributed by atoms with Crippen molar-refractivity contribution in [3.05, 3.63) is 36.2 Å². The number of imidazole rings is 1. The molecule has 0 amide bonds. The fourth-order valence-corrected chi connectivity index (χ4v) is 4.48. The third-order valence-corrected chi connectivity index (χ3v) is 6.34. The fraction of sp³-hybridized carbons (Fsp3) is 0.522. The van der Waals surface area contributed by atoms with Crippen LogP contribution < -0.4 is 15.4 Å². The molecule has 2 aliphatic rings. The Morgan fingerprint density at radius 3 is 2.58 bits per heavy atom. The Balaban J connectivity index is 1.52. The van der Waals surface area contributed by atoms with Gasteiger partial charge in [0.2, 0.25) is 11.8 Å². The number of para-hydroxylation sites is 2. The summed E-state index contributed by atoms with van der Waals surface area (Å²) in [6, 6.07) is 8.94. The first kappa shape index (κ1) is 22.0. The molecule has 5 rings (SSSR count). The van der Waals surface area contributed by atoms with Crippen LogP contribution >= 0.6 is 0 Å². The van der Waals surface area contributed by atoms with E-state index in [1.165, 1.54) is 4.57 Å². The summed E-state index contributed by atoms with van der Waals surface area (Å²) < 4.78 is 40.8. The first-order valence-corrected chi connectivity index (χ1v) is 11.4. The smallest absolute Gasteiger partial charge is 0.296 e. The highest BCUT2D eigenvalue weighted by molar-refractivity contribution is 5.78. The van der Waals surface area contributed by atoms with Gasteiger partial charge >= 0.3 is 0 Å². The number of fused-ring (bicyclic) bond motifs is 1. The van der Waals surface area contributed by atoms with Crippen LogP contribution in [0, 0.1) is 5.92 Å². The summed E-state index contributed by atoms with van der Waals surface area (Å²) in [4.78, 5) is 15.4. The molecular formula is C23H28F2N6O2. The van der Waals surface area contributed by atoms with Crippen LogP contribution in [0.25, 0.3) is 16.9 Å². The second-order valence-corrected chi connectivity index (χ2v) is 8.65. The third-order valence-electron chi connectivity index (χ3n) is 6.34. The number of halogens is 2. The number of hydrogen-bond acceptors (Lipinski definition) is 7. The minimum Gasteiger partial charge on any atom is -0.477 e. The molecule has 2 N–H and O–H groups in total. The lowest BCUT2D eigenvalue weighted by molar-refractivity contribution is 0.122. The molecule has 1 saturated carbocycles. The minimum atomic E-state index is -2.75. The molecule has 8 nitrogen and oxygen atoms in total. The first-order chi connectivity index (χ1) is 16.1. The van der Waals surface area contributed by atoms with E-state index in [0.717, 1.165) is 25.7 Å². The number of nitrogens with two attached hydrogens (primary N) is 1. The van der Waals surface area contributed by atoms with Gasteiger partial charge in [-0.1, -0.05) is 12.1 Å². The Morgan fingerprint density at radius 2 is 1.82 bits per heavy atom. The van der Waals surface area contributed by atoms with Crippen LogP contribution in [0.3, 0.4) is 0 Å². The summed E-state index contributed by atoms with van der Waals surface area (Å²) in [5, 5.41) is 0. The number of morpholine rings is 1. The highest BCUT2D eigenvalue weighted by Crippen LogP contribution is 2.30. The number of alkyl halides is 2. The van der Waals surface area contributed by atoms with Crippen LogP contribution in [-0.2, 0) is 4.74 Å². The second kappa shape index (κ2) is 9.56. The van der Waals surface area contributed by atoms with Crippen molar-refractivity contribution in [3.8, 4) is 11.7 Å². The van der Waals surface area contributed by atoms with Gasteiger partial charge in [0.1, 0.15) is 5.82 Å². The summed E-state index contributed by atoms with van der Waals surface area (Å²) >= 11 is 0. The van der Waals surface area contributed by atoms with Crippen molar-refractivity contribution in [1.82, 2.24) is 19.5 Å². The predicted octanol–water partition coefficient (Wildman–Crippen LogP) is 3.49. The van der Waals surface area contributed by atoms with Crippen molar-refractivity contribution in [1.29, 1.82) is 0 Å². The third kappa shape index (κ3) is 4.77. The molecule has 33 heavy (non-hydrogen) atoms. The largest absolute Gasteiger partial charge is 0.477 e. The molecule has 2 aromatic heterocycles. The lowest BCUT2D eigenvalue weighted by Crippen LogP contribution is -2.37. The van der Waals surface area contributed by atoms with Crippen LogP contribution in [0.2, 0.25) is 0 Å². The van der Waals surface area contributed by atoms with Gasteiger partial charge in [0, 0.05) is 25.2 Å². The average Bonchev–Trinajstić information content (AvgIpc) is 3.24. The number of anilines is 1. The monoisotopic (exact) mass is 458 g/mol. The minimum absolute atomic E-state index is 0.266. The summed E-state index contributed by atoms with van der Waals surface area (Å²) in [5.74, 6) is 1.18. The quantitative estimate of drug-likeness (QED) is 0.605. The number of hydrogen-bond donors (Lipinski definition) is 1. The molecule has 0 radical (unpaired) electrons. The van der Waals surface area contributed by atoms with Crippen molar-refractivity contribution in [3.63, 3.8) is 0 Å². The summed E-state index contributed by atoms with van der Waals surface area (Å²) in [7, 11) is 0. The molecule has 3 aromatic rings. The van der Waals surface area contributed by atoms with Crippen molar-refractivity contribution >= 4 is 17.0 Å². The van der Waals surface area contributed by atoms with Crippen molar-refractivity contribution in [2.75, 3.05) is 37.8 Å². The normalized spacial score (nSPS) is 21.6. The predicted molar refractivity (Wildman–Crippen MR) is 120 cm³/mol. The van der Waals surface area contributed by atoms with Gasteiger partial charge in [-0.25, -0.2) is 13.8 Å².